The van der Waals surface area contributed by atoms with E-state index >= 15 is 0 Å². The van der Waals surface area contributed by atoms with Crippen LogP contribution < -0.4 is 15.4 Å². The zero-order valence-corrected chi connectivity index (χ0v) is 21.2. The molecule has 0 fully saturated rings. The quantitative estimate of drug-likeness (QED) is 0.226. The average molecular weight is 515 g/mol. The topological polar surface area (TPSA) is 105 Å². The lowest BCUT2D eigenvalue weighted by molar-refractivity contribution is -0.115. The van der Waals surface area contributed by atoms with Crippen LogP contribution in [0.4, 0.5) is 11.4 Å². The Morgan fingerprint density at radius 3 is 2.19 bits per heavy atom. The van der Waals surface area contributed by atoms with Crippen LogP contribution in [0.3, 0.4) is 0 Å². The van der Waals surface area contributed by atoms with E-state index in [0.29, 0.717) is 34.3 Å². The summed E-state index contributed by atoms with van der Waals surface area (Å²) in [6.07, 6.45) is 0.608. The van der Waals surface area contributed by atoms with Crippen LogP contribution >= 0.6 is 11.8 Å². The van der Waals surface area contributed by atoms with Gasteiger partial charge in [0.25, 0.3) is 5.91 Å². The summed E-state index contributed by atoms with van der Waals surface area (Å²) >= 11 is 1.40. The van der Waals surface area contributed by atoms with E-state index in [1.54, 1.807) is 79.9 Å². The van der Waals surface area contributed by atoms with Gasteiger partial charge < -0.3 is 20.5 Å². The summed E-state index contributed by atoms with van der Waals surface area (Å²) in [4.78, 5) is 38.6. The summed E-state index contributed by atoms with van der Waals surface area (Å²) < 4.78 is 5.15. The highest BCUT2D eigenvalue weighted by Crippen LogP contribution is 2.30. The van der Waals surface area contributed by atoms with Gasteiger partial charge >= 0.3 is 5.97 Å². The van der Waals surface area contributed by atoms with E-state index in [9.17, 15) is 19.5 Å². The van der Waals surface area contributed by atoms with Crippen LogP contribution in [0.1, 0.15) is 34.1 Å². The van der Waals surface area contributed by atoms with Crippen molar-refractivity contribution in [3.8, 4) is 5.75 Å². The number of carbonyl (C=O) groups is 3. The molecule has 0 aliphatic heterocycles. The second-order valence-electron chi connectivity index (χ2n) is 8.23. The molecule has 0 saturated heterocycles. The Labute approximate surface area is 218 Å². The second kappa shape index (κ2) is 11.6. The monoisotopic (exact) mass is 514 g/mol. The van der Waals surface area contributed by atoms with Crippen LogP contribution in [0.5, 0.6) is 5.75 Å². The van der Waals surface area contributed by atoms with E-state index in [4.69, 9.17) is 4.74 Å². The van der Waals surface area contributed by atoms with Gasteiger partial charge in [-0.15, -0.1) is 11.8 Å². The van der Waals surface area contributed by atoms with E-state index < -0.39 is 11.9 Å². The summed E-state index contributed by atoms with van der Waals surface area (Å²) in [5, 5.41) is 16.1. The minimum atomic E-state index is -1.09. The summed E-state index contributed by atoms with van der Waals surface area (Å²) in [5.74, 6) is -0.918. The molecule has 2 amide bonds. The van der Waals surface area contributed by atoms with Crippen molar-refractivity contribution in [3.63, 3.8) is 0 Å². The van der Waals surface area contributed by atoms with Crippen molar-refractivity contribution in [2.24, 2.45) is 0 Å². The van der Waals surface area contributed by atoms with Gasteiger partial charge in [-0.2, -0.15) is 0 Å². The number of hydrogen-bond donors (Lipinski definition) is 3. The van der Waals surface area contributed by atoms with Crippen LogP contribution in [-0.4, -0.2) is 35.2 Å². The van der Waals surface area contributed by atoms with Gasteiger partial charge in [-0.05, 0) is 66.4 Å². The Balaban J connectivity index is 1.49. The molecule has 4 aromatic rings. The smallest absolute Gasteiger partial charge is 0.336 e. The van der Waals surface area contributed by atoms with Crippen molar-refractivity contribution < 1.29 is 24.2 Å². The molecule has 0 aromatic heterocycles. The zero-order chi connectivity index (χ0) is 26.4. The molecule has 3 N–H and O–H groups in total. The largest absolute Gasteiger partial charge is 0.497 e. The number of rotatable bonds is 9. The minimum absolute atomic E-state index is 0.0706. The van der Waals surface area contributed by atoms with Crippen LogP contribution in [0.25, 0.3) is 10.8 Å². The number of nitrogens with one attached hydrogen (secondary N) is 2. The molecule has 8 heteroatoms. The number of carboxylic acids is 1. The van der Waals surface area contributed by atoms with E-state index in [1.165, 1.54) is 17.8 Å². The number of thioether (sulfide) groups is 1. The Bertz CT molecular complexity index is 1450. The number of anilines is 2. The van der Waals surface area contributed by atoms with Gasteiger partial charge in [-0.1, -0.05) is 37.3 Å². The number of carboxylic acid groups (broad SMARTS) is 1. The fraction of sp³-hybridized carbons (Fsp3) is 0.138. The molecule has 0 saturated carbocycles. The molecule has 0 radical (unpaired) electrons. The van der Waals surface area contributed by atoms with E-state index in [2.05, 4.69) is 10.6 Å². The molecule has 4 aromatic carbocycles. The summed E-state index contributed by atoms with van der Waals surface area (Å²) in [6, 6.07) is 24.4. The highest BCUT2D eigenvalue weighted by Gasteiger charge is 2.20. The number of ether oxygens (including phenoxy) is 1. The van der Waals surface area contributed by atoms with Crippen molar-refractivity contribution in [2.45, 2.75) is 23.5 Å². The van der Waals surface area contributed by atoms with Crippen LogP contribution in [0.15, 0.2) is 89.8 Å². The lowest BCUT2D eigenvalue weighted by Gasteiger charge is -2.16. The number of methoxy groups -OCH3 is 1. The third-order valence-electron chi connectivity index (χ3n) is 5.77. The second-order valence-corrected chi connectivity index (χ2v) is 9.51. The van der Waals surface area contributed by atoms with Gasteiger partial charge in [0.2, 0.25) is 5.91 Å². The number of amides is 2. The molecule has 1 unspecified atom stereocenters. The molecule has 0 aliphatic carbocycles. The third-order valence-corrected chi connectivity index (χ3v) is 7.13. The maximum Gasteiger partial charge on any atom is 0.336 e. The predicted octanol–water partition coefficient (Wildman–Crippen LogP) is 6.31. The molecule has 0 heterocycles. The first-order valence-electron chi connectivity index (χ1n) is 11.7. The standard InChI is InChI=1S/C29H26N2O5S/c1-3-25(28(33)30-19-13-15-21(36-2)16-14-19)37-22-10-6-9-20(17-22)31-27(32)23-11-4-7-18-8-5-12-24(26(18)23)29(34)35/h4-17,25H,3H2,1-2H3,(H,30,33)(H,31,32)(H,34,35). The zero-order valence-electron chi connectivity index (χ0n) is 20.4. The minimum Gasteiger partial charge on any atom is -0.497 e. The molecule has 0 spiro atoms. The van der Waals surface area contributed by atoms with E-state index in [-0.39, 0.29) is 22.3 Å². The first-order chi connectivity index (χ1) is 17.9. The first kappa shape index (κ1) is 25.8. The Morgan fingerprint density at radius 2 is 1.54 bits per heavy atom. The Kier molecular flexibility index (Phi) is 8.10. The van der Waals surface area contributed by atoms with Gasteiger partial charge in [0.1, 0.15) is 5.75 Å². The Hall–Kier alpha value is -4.30. The summed E-state index contributed by atoms with van der Waals surface area (Å²) in [7, 11) is 1.59. The molecule has 1 atom stereocenters. The van der Waals surface area contributed by atoms with Crippen LogP contribution in [-0.2, 0) is 4.79 Å². The molecule has 188 valence electrons. The SMILES string of the molecule is CCC(Sc1cccc(NC(=O)c2cccc3cccc(C(=O)O)c23)c1)C(=O)Nc1ccc(OC)cc1. The van der Waals surface area contributed by atoms with Crippen molar-refractivity contribution in [3.05, 3.63) is 96.1 Å². The number of aromatic carboxylic acids is 1. The van der Waals surface area contributed by atoms with Crippen molar-refractivity contribution in [1.29, 1.82) is 0 Å². The Morgan fingerprint density at radius 1 is 0.865 bits per heavy atom. The van der Waals surface area contributed by atoms with Crippen molar-refractivity contribution in [1.82, 2.24) is 0 Å². The maximum atomic E-state index is 13.2. The lowest BCUT2D eigenvalue weighted by Crippen LogP contribution is -2.24. The van der Waals surface area contributed by atoms with Gasteiger partial charge in [-0.3, -0.25) is 9.59 Å². The van der Waals surface area contributed by atoms with E-state index in [1.807, 2.05) is 13.0 Å². The fourth-order valence-electron chi connectivity index (χ4n) is 3.94. The number of fused-ring (bicyclic) bond motifs is 1. The number of carbonyl (C=O) groups excluding carboxylic acids is 2. The first-order valence-corrected chi connectivity index (χ1v) is 12.6. The number of hydrogen-bond acceptors (Lipinski definition) is 5. The molecular formula is C29H26N2O5S. The van der Waals surface area contributed by atoms with Gasteiger partial charge in [0.05, 0.1) is 17.9 Å². The third kappa shape index (κ3) is 6.10. The summed E-state index contributed by atoms with van der Waals surface area (Å²) in [5.41, 5.74) is 1.58. The van der Waals surface area contributed by atoms with Gasteiger partial charge in [0.15, 0.2) is 0 Å². The number of benzene rings is 4. The normalized spacial score (nSPS) is 11.5. The lowest BCUT2D eigenvalue weighted by atomic mass is 9.98. The van der Waals surface area contributed by atoms with Crippen LogP contribution in [0, 0.1) is 0 Å². The molecule has 0 bridgehead atoms. The average Bonchev–Trinajstić information content (AvgIpc) is 2.91. The molecule has 0 aliphatic rings. The fourth-order valence-corrected chi connectivity index (χ4v) is 4.95. The van der Waals surface area contributed by atoms with E-state index in [0.717, 1.165) is 4.90 Å². The maximum absolute atomic E-state index is 13.2. The van der Waals surface area contributed by atoms with Gasteiger partial charge in [0, 0.05) is 27.2 Å². The van der Waals surface area contributed by atoms with Gasteiger partial charge in [-0.25, -0.2) is 4.79 Å². The predicted molar refractivity (Wildman–Crippen MR) is 147 cm³/mol. The highest BCUT2D eigenvalue weighted by molar-refractivity contribution is 8.00. The molecule has 37 heavy (non-hydrogen) atoms. The summed E-state index contributed by atoms with van der Waals surface area (Å²) in [6.45, 7) is 1.94. The molecular weight excluding hydrogens is 488 g/mol. The highest BCUT2D eigenvalue weighted by atomic mass is 32.2. The van der Waals surface area contributed by atoms with Crippen molar-refractivity contribution in [2.75, 3.05) is 17.7 Å². The van der Waals surface area contributed by atoms with Crippen molar-refractivity contribution >= 4 is 51.7 Å². The van der Waals surface area contributed by atoms with Crippen LogP contribution in [0.2, 0.25) is 0 Å². The molecule has 4 rings (SSSR count). The molecule has 7 nitrogen and oxygen atoms in total.